The molecule has 4 nitrogen and oxygen atoms in total. The fourth-order valence-electron chi connectivity index (χ4n) is 2.71. The van der Waals surface area contributed by atoms with Crippen LogP contribution in [0, 0.1) is 11.7 Å². The van der Waals surface area contributed by atoms with Crippen LogP contribution >= 0.6 is 0 Å². The summed E-state index contributed by atoms with van der Waals surface area (Å²) in [5, 5.41) is 2.86. The van der Waals surface area contributed by atoms with E-state index in [0.29, 0.717) is 11.5 Å². The molecule has 0 spiro atoms. The quantitative estimate of drug-likeness (QED) is 0.881. The van der Waals surface area contributed by atoms with Gasteiger partial charge in [-0.15, -0.1) is 0 Å². The lowest BCUT2D eigenvalue weighted by Gasteiger charge is -2.34. The number of nitrogens with two attached hydrogens (primary N) is 1. The number of rotatable bonds is 4. The smallest absolute Gasteiger partial charge is 0.216 e. The third-order valence-corrected chi connectivity index (χ3v) is 3.89. The number of benzene rings is 1. The van der Waals surface area contributed by atoms with Gasteiger partial charge in [0, 0.05) is 44.4 Å². The Bertz CT molecular complexity index is 470. The number of carbonyl (C=O) groups is 1. The molecule has 1 fully saturated rings. The maximum atomic E-state index is 13.7. The summed E-state index contributed by atoms with van der Waals surface area (Å²) in [4.78, 5) is 13.1. The van der Waals surface area contributed by atoms with Gasteiger partial charge in [-0.2, -0.15) is 0 Å². The fraction of sp³-hybridized carbons (Fsp3) is 0.533. The maximum absolute atomic E-state index is 13.7. The summed E-state index contributed by atoms with van der Waals surface area (Å²) in [5.41, 5.74) is 7.15. The zero-order valence-electron chi connectivity index (χ0n) is 11.9. The lowest BCUT2D eigenvalue weighted by atomic mass is 9.95. The van der Waals surface area contributed by atoms with E-state index in [0.717, 1.165) is 38.2 Å². The van der Waals surface area contributed by atoms with E-state index >= 15 is 0 Å². The minimum Gasteiger partial charge on any atom is -0.371 e. The van der Waals surface area contributed by atoms with Crippen LogP contribution in [-0.4, -0.2) is 25.5 Å². The Morgan fingerprint density at radius 3 is 2.75 bits per heavy atom. The average molecular weight is 279 g/mol. The normalized spacial score (nSPS) is 16.2. The van der Waals surface area contributed by atoms with Gasteiger partial charge in [0.25, 0.3) is 0 Å². The lowest BCUT2D eigenvalue weighted by molar-refractivity contribution is -0.119. The highest BCUT2D eigenvalue weighted by Crippen LogP contribution is 2.27. The average Bonchev–Trinajstić information content (AvgIpc) is 2.45. The monoisotopic (exact) mass is 279 g/mol. The van der Waals surface area contributed by atoms with Gasteiger partial charge in [-0.25, -0.2) is 4.39 Å². The molecule has 110 valence electrons. The molecule has 0 bridgehead atoms. The van der Waals surface area contributed by atoms with Gasteiger partial charge in [-0.3, -0.25) is 4.79 Å². The van der Waals surface area contributed by atoms with Crippen molar-refractivity contribution >= 4 is 11.6 Å². The summed E-state index contributed by atoms with van der Waals surface area (Å²) in [6.45, 7) is 4.24. The van der Waals surface area contributed by atoms with E-state index in [4.69, 9.17) is 5.73 Å². The third kappa shape index (κ3) is 3.48. The predicted molar refractivity (Wildman–Crippen MR) is 77.9 cm³/mol. The highest BCUT2D eigenvalue weighted by atomic mass is 19.1. The van der Waals surface area contributed by atoms with Crippen molar-refractivity contribution < 1.29 is 9.18 Å². The van der Waals surface area contributed by atoms with Gasteiger partial charge in [0.15, 0.2) is 0 Å². The zero-order valence-corrected chi connectivity index (χ0v) is 11.9. The second-order valence-electron chi connectivity index (χ2n) is 5.31. The topological polar surface area (TPSA) is 58.4 Å². The van der Waals surface area contributed by atoms with Crippen molar-refractivity contribution in [1.82, 2.24) is 5.32 Å². The van der Waals surface area contributed by atoms with E-state index in [1.54, 1.807) is 6.07 Å². The molecule has 0 aliphatic carbocycles. The molecule has 1 aliphatic heterocycles. The lowest BCUT2D eigenvalue weighted by Crippen LogP contribution is -2.38. The van der Waals surface area contributed by atoms with Crippen molar-refractivity contribution in [2.24, 2.45) is 11.7 Å². The third-order valence-electron chi connectivity index (χ3n) is 3.89. The van der Waals surface area contributed by atoms with Crippen molar-refractivity contribution in [3.8, 4) is 0 Å². The highest BCUT2D eigenvalue weighted by Gasteiger charge is 2.21. The predicted octanol–water partition coefficient (Wildman–Crippen LogP) is 1.64. The van der Waals surface area contributed by atoms with E-state index in [1.165, 1.54) is 13.0 Å². The summed E-state index contributed by atoms with van der Waals surface area (Å²) in [5.74, 6) is 0.290. The SMILES string of the molecule is CC(=O)NCC1CCN(c2cccc(F)c2CN)CC1. The van der Waals surface area contributed by atoms with Crippen LogP contribution in [0.4, 0.5) is 10.1 Å². The molecular weight excluding hydrogens is 257 g/mol. The number of nitrogens with zero attached hydrogens (tertiary/aromatic N) is 1. The number of anilines is 1. The van der Waals surface area contributed by atoms with Gasteiger partial charge in [-0.1, -0.05) is 6.07 Å². The van der Waals surface area contributed by atoms with Crippen molar-refractivity contribution in [3.05, 3.63) is 29.6 Å². The van der Waals surface area contributed by atoms with Crippen LogP contribution in [0.15, 0.2) is 18.2 Å². The van der Waals surface area contributed by atoms with Crippen molar-refractivity contribution in [2.75, 3.05) is 24.5 Å². The van der Waals surface area contributed by atoms with Gasteiger partial charge >= 0.3 is 0 Å². The van der Waals surface area contributed by atoms with Gasteiger partial charge in [0.05, 0.1) is 0 Å². The number of hydrogen-bond acceptors (Lipinski definition) is 3. The Balaban J connectivity index is 1.97. The molecule has 3 N–H and O–H groups in total. The van der Waals surface area contributed by atoms with Crippen LogP contribution in [0.1, 0.15) is 25.3 Å². The first kappa shape index (κ1) is 14.8. The number of piperidine rings is 1. The summed E-state index contributed by atoms with van der Waals surface area (Å²) >= 11 is 0. The summed E-state index contributed by atoms with van der Waals surface area (Å²) in [7, 11) is 0. The second kappa shape index (κ2) is 6.70. The molecule has 0 unspecified atom stereocenters. The molecule has 5 heteroatoms. The Hall–Kier alpha value is -1.62. The van der Waals surface area contributed by atoms with Crippen molar-refractivity contribution in [2.45, 2.75) is 26.3 Å². The summed E-state index contributed by atoms with van der Waals surface area (Å²) < 4.78 is 13.7. The number of halogens is 1. The Morgan fingerprint density at radius 2 is 2.15 bits per heavy atom. The van der Waals surface area contributed by atoms with Crippen LogP contribution in [0.3, 0.4) is 0 Å². The number of hydrogen-bond donors (Lipinski definition) is 2. The first-order valence-electron chi connectivity index (χ1n) is 7.08. The molecule has 1 amide bonds. The van der Waals surface area contributed by atoms with Crippen LogP contribution < -0.4 is 16.0 Å². The second-order valence-corrected chi connectivity index (χ2v) is 5.31. The van der Waals surface area contributed by atoms with Gasteiger partial charge in [-0.05, 0) is 30.9 Å². The van der Waals surface area contributed by atoms with Crippen molar-refractivity contribution in [3.63, 3.8) is 0 Å². The van der Waals surface area contributed by atoms with Crippen LogP contribution in [-0.2, 0) is 11.3 Å². The number of amides is 1. The molecule has 1 heterocycles. The molecule has 0 saturated carbocycles. The first-order chi connectivity index (χ1) is 9.61. The van der Waals surface area contributed by atoms with Gasteiger partial charge in [0.1, 0.15) is 5.82 Å². The minimum absolute atomic E-state index is 0.0166. The number of nitrogens with one attached hydrogen (secondary N) is 1. The van der Waals surface area contributed by atoms with Crippen LogP contribution in [0.25, 0.3) is 0 Å². The highest BCUT2D eigenvalue weighted by molar-refractivity contribution is 5.72. The first-order valence-corrected chi connectivity index (χ1v) is 7.08. The molecule has 1 aromatic carbocycles. The molecule has 0 aromatic heterocycles. The van der Waals surface area contributed by atoms with Gasteiger partial charge in [0.2, 0.25) is 5.91 Å². The van der Waals surface area contributed by atoms with E-state index in [1.807, 2.05) is 6.07 Å². The van der Waals surface area contributed by atoms with E-state index in [-0.39, 0.29) is 18.3 Å². The van der Waals surface area contributed by atoms with E-state index in [2.05, 4.69) is 10.2 Å². The molecular formula is C15H22FN3O. The molecule has 0 radical (unpaired) electrons. The largest absolute Gasteiger partial charge is 0.371 e. The van der Waals surface area contributed by atoms with Crippen molar-refractivity contribution in [1.29, 1.82) is 0 Å². The van der Waals surface area contributed by atoms with E-state index in [9.17, 15) is 9.18 Å². The zero-order chi connectivity index (χ0) is 14.5. The van der Waals surface area contributed by atoms with Gasteiger partial charge < -0.3 is 16.0 Å². The standard InChI is InChI=1S/C15H22FN3O/c1-11(20)18-10-12-5-7-19(8-6-12)15-4-2-3-14(16)13(15)9-17/h2-4,12H,5-10,17H2,1H3,(H,18,20). The fourth-order valence-corrected chi connectivity index (χ4v) is 2.71. The summed E-state index contributed by atoms with van der Waals surface area (Å²) in [6.07, 6.45) is 2.00. The Kier molecular flexibility index (Phi) is 4.95. The van der Waals surface area contributed by atoms with Crippen LogP contribution in [0.2, 0.25) is 0 Å². The molecule has 1 aliphatic rings. The van der Waals surface area contributed by atoms with E-state index < -0.39 is 0 Å². The molecule has 2 rings (SSSR count). The maximum Gasteiger partial charge on any atom is 0.216 e. The molecule has 1 aromatic rings. The minimum atomic E-state index is -0.231. The molecule has 0 atom stereocenters. The Labute approximate surface area is 119 Å². The molecule has 20 heavy (non-hydrogen) atoms. The number of carbonyl (C=O) groups excluding carboxylic acids is 1. The Morgan fingerprint density at radius 1 is 1.45 bits per heavy atom. The van der Waals surface area contributed by atoms with Crippen LogP contribution in [0.5, 0.6) is 0 Å². The molecule has 1 saturated heterocycles. The summed E-state index contributed by atoms with van der Waals surface area (Å²) in [6, 6.07) is 5.11.